The number of rotatable bonds is 5. The molecular weight excluding hydrogens is 384 g/mol. The van der Waals surface area contributed by atoms with Crippen LogP contribution in [-0.2, 0) is 9.53 Å². The molecule has 3 aromatic rings. The van der Waals surface area contributed by atoms with Gasteiger partial charge in [0, 0.05) is 11.5 Å². The lowest BCUT2D eigenvalue weighted by Gasteiger charge is -2.13. The van der Waals surface area contributed by atoms with Crippen LogP contribution in [0.1, 0.15) is 30.4 Å². The number of anilines is 1. The molecule has 0 saturated carbocycles. The zero-order chi connectivity index (χ0) is 21.1. The summed E-state index contributed by atoms with van der Waals surface area (Å²) in [5.41, 5.74) is -0.712. The number of fused-ring (bicyclic) bond motifs is 1. The number of benzene rings is 2. The zero-order valence-corrected chi connectivity index (χ0v) is 15.6. The van der Waals surface area contributed by atoms with E-state index in [-0.39, 0.29) is 23.0 Å². The van der Waals surface area contributed by atoms with E-state index in [1.807, 2.05) is 0 Å². The number of aromatic nitrogens is 2. The molecule has 9 heteroatoms. The van der Waals surface area contributed by atoms with Gasteiger partial charge in [0.05, 0.1) is 17.1 Å². The number of hydrogen-bond donors (Lipinski definition) is 1. The molecule has 1 heterocycles. The predicted molar refractivity (Wildman–Crippen MR) is 102 cm³/mol. The van der Waals surface area contributed by atoms with Gasteiger partial charge in [-0.1, -0.05) is 18.2 Å². The van der Waals surface area contributed by atoms with E-state index in [1.165, 1.54) is 0 Å². The number of halogens is 2. The number of nitrogens with zero attached hydrogens (tertiary/aromatic N) is 2. The van der Waals surface area contributed by atoms with Crippen LogP contribution in [0.5, 0.6) is 0 Å². The van der Waals surface area contributed by atoms with Crippen LogP contribution in [0.3, 0.4) is 0 Å². The molecule has 0 spiro atoms. The smallest absolute Gasteiger partial charge is 0.359 e. The van der Waals surface area contributed by atoms with E-state index in [4.69, 9.17) is 4.74 Å². The van der Waals surface area contributed by atoms with E-state index >= 15 is 0 Å². The summed E-state index contributed by atoms with van der Waals surface area (Å²) in [4.78, 5) is 37.0. The summed E-state index contributed by atoms with van der Waals surface area (Å²) in [5.74, 6) is -3.47. The van der Waals surface area contributed by atoms with Crippen LogP contribution in [0.4, 0.5) is 14.5 Å². The molecule has 3 rings (SSSR count). The van der Waals surface area contributed by atoms with Crippen molar-refractivity contribution in [3.05, 3.63) is 70.1 Å². The van der Waals surface area contributed by atoms with E-state index in [9.17, 15) is 23.2 Å². The van der Waals surface area contributed by atoms with E-state index in [0.717, 1.165) is 16.8 Å². The van der Waals surface area contributed by atoms with Crippen molar-refractivity contribution in [2.45, 2.75) is 19.9 Å². The highest BCUT2D eigenvalue weighted by molar-refractivity contribution is 6.03. The topological polar surface area (TPSA) is 90.3 Å². The van der Waals surface area contributed by atoms with Crippen molar-refractivity contribution in [3.63, 3.8) is 0 Å². The van der Waals surface area contributed by atoms with Crippen LogP contribution in [0.25, 0.3) is 10.8 Å². The average Bonchev–Trinajstić information content (AvgIpc) is 2.68. The highest BCUT2D eigenvalue weighted by Crippen LogP contribution is 2.17. The fraction of sp³-hybridized carbons (Fsp3) is 0.200. The summed E-state index contributed by atoms with van der Waals surface area (Å²) in [6, 6.07) is 8.78. The number of hydrogen-bond acceptors (Lipinski definition) is 5. The molecule has 0 radical (unpaired) electrons. The molecule has 1 N–H and O–H groups in total. The summed E-state index contributed by atoms with van der Waals surface area (Å²) in [6.07, 6.45) is 0. The van der Waals surface area contributed by atoms with Crippen molar-refractivity contribution < 1.29 is 23.1 Å². The third kappa shape index (κ3) is 4.29. The van der Waals surface area contributed by atoms with Gasteiger partial charge in [-0.2, -0.15) is 5.10 Å². The van der Waals surface area contributed by atoms with Gasteiger partial charge in [-0.25, -0.2) is 18.3 Å². The monoisotopic (exact) mass is 401 g/mol. The highest BCUT2D eigenvalue weighted by atomic mass is 19.1. The molecule has 0 saturated heterocycles. The average molecular weight is 401 g/mol. The Hall–Kier alpha value is -3.62. The zero-order valence-electron chi connectivity index (χ0n) is 15.6. The second-order valence-electron chi connectivity index (χ2n) is 6.49. The Kier molecular flexibility index (Phi) is 5.67. The van der Waals surface area contributed by atoms with Gasteiger partial charge < -0.3 is 10.1 Å². The third-order valence-electron chi connectivity index (χ3n) is 4.05. The Bertz CT molecular complexity index is 1160. The quantitative estimate of drug-likeness (QED) is 0.664. The Balaban J connectivity index is 1.80. The van der Waals surface area contributed by atoms with Crippen LogP contribution in [0.15, 0.2) is 47.3 Å². The number of amides is 1. The number of esters is 1. The second kappa shape index (κ2) is 8.17. The molecule has 1 aromatic heterocycles. The minimum Gasteiger partial charge on any atom is -0.451 e. The van der Waals surface area contributed by atoms with Crippen molar-refractivity contribution in [1.29, 1.82) is 0 Å². The molecule has 2 aromatic carbocycles. The third-order valence-corrected chi connectivity index (χ3v) is 4.05. The van der Waals surface area contributed by atoms with E-state index in [0.29, 0.717) is 16.8 Å². The Morgan fingerprint density at radius 2 is 1.83 bits per heavy atom. The first-order valence-corrected chi connectivity index (χ1v) is 8.71. The minimum atomic E-state index is -0.957. The van der Waals surface area contributed by atoms with Gasteiger partial charge in [-0.05, 0) is 32.0 Å². The van der Waals surface area contributed by atoms with E-state index in [2.05, 4.69) is 10.4 Å². The van der Waals surface area contributed by atoms with Crippen molar-refractivity contribution >= 4 is 28.3 Å². The molecule has 7 nitrogen and oxygen atoms in total. The SMILES string of the molecule is CC(C)n1nc(C(=O)OCC(=O)Nc2ccc(F)cc2F)c2ccccc2c1=O. The molecule has 0 aliphatic rings. The van der Waals surface area contributed by atoms with Gasteiger partial charge >= 0.3 is 5.97 Å². The maximum absolute atomic E-state index is 13.6. The van der Waals surface area contributed by atoms with E-state index < -0.39 is 30.1 Å². The number of ether oxygens (including phenoxy) is 1. The van der Waals surface area contributed by atoms with Gasteiger partial charge in [0.2, 0.25) is 0 Å². The van der Waals surface area contributed by atoms with Gasteiger partial charge in [0.15, 0.2) is 12.3 Å². The largest absolute Gasteiger partial charge is 0.451 e. The lowest BCUT2D eigenvalue weighted by molar-refractivity contribution is -0.119. The molecule has 0 atom stereocenters. The van der Waals surface area contributed by atoms with Crippen LogP contribution < -0.4 is 10.9 Å². The molecule has 0 fully saturated rings. The van der Waals surface area contributed by atoms with Crippen molar-refractivity contribution in [2.75, 3.05) is 11.9 Å². The summed E-state index contributed by atoms with van der Waals surface area (Å²) in [6.45, 7) is 2.76. The summed E-state index contributed by atoms with van der Waals surface area (Å²) < 4.78 is 32.7. The molecule has 0 unspecified atom stereocenters. The second-order valence-corrected chi connectivity index (χ2v) is 6.49. The fourth-order valence-corrected chi connectivity index (χ4v) is 2.68. The molecule has 0 aliphatic carbocycles. The predicted octanol–water partition coefficient (Wildman–Crippen LogP) is 3.05. The number of carbonyl (C=O) groups excluding carboxylic acids is 2. The molecule has 0 aliphatic heterocycles. The molecule has 0 bridgehead atoms. The standard InChI is InChI=1S/C20H17F2N3O4/c1-11(2)25-19(27)14-6-4-3-5-13(14)18(24-25)20(28)29-10-17(26)23-16-8-7-12(21)9-15(16)22/h3-9,11H,10H2,1-2H3,(H,23,26). The highest BCUT2D eigenvalue weighted by Gasteiger charge is 2.20. The lowest BCUT2D eigenvalue weighted by atomic mass is 10.1. The van der Waals surface area contributed by atoms with Crippen LogP contribution in [0.2, 0.25) is 0 Å². The normalized spacial score (nSPS) is 10.9. The Morgan fingerprint density at radius 1 is 1.14 bits per heavy atom. The van der Waals surface area contributed by atoms with Gasteiger partial charge in [-0.3, -0.25) is 9.59 Å². The Labute approximate surface area is 163 Å². The summed E-state index contributed by atoms with van der Waals surface area (Å²) in [7, 11) is 0. The molecule has 29 heavy (non-hydrogen) atoms. The van der Waals surface area contributed by atoms with Crippen LogP contribution >= 0.6 is 0 Å². The van der Waals surface area contributed by atoms with Crippen LogP contribution in [-0.4, -0.2) is 28.3 Å². The van der Waals surface area contributed by atoms with Crippen molar-refractivity contribution in [3.8, 4) is 0 Å². The van der Waals surface area contributed by atoms with E-state index in [1.54, 1.807) is 38.1 Å². The lowest BCUT2D eigenvalue weighted by Crippen LogP contribution is -2.29. The van der Waals surface area contributed by atoms with Crippen molar-refractivity contribution in [1.82, 2.24) is 9.78 Å². The number of nitrogens with one attached hydrogen (secondary N) is 1. The first-order valence-electron chi connectivity index (χ1n) is 8.71. The van der Waals surface area contributed by atoms with Gasteiger partial charge in [0.25, 0.3) is 11.5 Å². The summed E-state index contributed by atoms with van der Waals surface area (Å²) in [5, 5.41) is 6.86. The first-order chi connectivity index (χ1) is 13.8. The maximum Gasteiger partial charge on any atom is 0.359 e. The minimum absolute atomic E-state index is 0.116. The Morgan fingerprint density at radius 3 is 2.48 bits per heavy atom. The fourth-order valence-electron chi connectivity index (χ4n) is 2.68. The summed E-state index contributed by atoms with van der Waals surface area (Å²) >= 11 is 0. The van der Waals surface area contributed by atoms with Crippen molar-refractivity contribution in [2.24, 2.45) is 0 Å². The van der Waals surface area contributed by atoms with Crippen LogP contribution in [0, 0.1) is 11.6 Å². The maximum atomic E-state index is 13.6. The number of carbonyl (C=O) groups is 2. The van der Waals surface area contributed by atoms with Gasteiger partial charge in [0.1, 0.15) is 11.6 Å². The molecule has 150 valence electrons. The molecular formula is C20H17F2N3O4. The van der Waals surface area contributed by atoms with Gasteiger partial charge in [-0.15, -0.1) is 0 Å². The first kappa shape index (κ1) is 20.1. The molecule has 1 amide bonds.